The summed E-state index contributed by atoms with van der Waals surface area (Å²) in [5.41, 5.74) is 3.71. The van der Waals surface area contributed by atoms with Crippen LogP contribution in [0.25, 0.3) is 0 Å². The molecule has 16 heavy (non-hydrogen) atoms. The number of hydrogen-bond acceptors (Lipinski definition) is 4. The standard InChI is InChI=1S/C12H15N3S/c1-9-5-3-4-6-10(9)7-11(13-2)12-8-14-16-15-12/h3-6,8,11,13H,7H2,1-2H3. The summed E-state index contributed by atoms with van der Waals surface area (Å²) in [7, 11) is 1.96. The van der Waals surface area contributed by atoms with E-state index >= 15 is 0 Å². The highest BCUT2D eigenvalue weighted by Crippen LogP contribution is 2.18. The van der Waals surface area contributed by atoms with Crippen molar-refractivity contribution in [2.75, 3.05) is 7.05 Å². The van der Waals surface area contributed by atoms with Gasteiger partial charge in [-0.25, -0.2) is 0 Å². The molecule has 0 aliphatic rings. The zero-order valence-corrected chi connectivity index (χ0v) is 10.3. The van der Waals surface area contributed by atoms with E-state index < -0.39 is 0 Å². The smallest absolute Gasteiger partial charge is 0.0915 e. The monoisotopic (exact) mass is 233 g/mol. The molecule has 2 aromatic rings. The Hall–Kier alpha value is -1.26. The van der Waals surface area contributed by atoms with Crippen LogP contribution in [0.5, 0.6) is 0 Å². The van der Waals surface area contributed by atoms with Gasteiger partial charge in [0, 0.05) is 0 Å². The minimum Gasteiger partial charge on any atom is -0.311 e. The highest BCUT2D eigenvalue weighted by Gasteiger charge is 2.13. The van der Waals surface area contributed by atoms with Crippen molar-refractivity contribution in [1.29, 1.82) is 0 Å². The molecule has 0 amide bonds. The van der Waals surface area contributed by atoms with Gasteiger partial charge in [-0.05, 0) is 31.5 Å². The molecule has 0 saturated heterocycles. The Kier molecular flexibility index (Phi) is 3.64. The summed E-state index contributed by atoms with van der Waals surface area (Å²) in [6, 6.07) is 8.70. The van der Waals surface area contributed by atoms with Crippen LogP contribution in [-0.4, -0.2) is 15.8 Å². The minimum absolute atomic E-state index is 0.250. The van der Waals surface area contributed by atoms with E-state index in [1.54, 1.807) is 0 Å². The normalized spacial score (nSPS) is 12.6. The van der Waals surface area contributed by atoms with Crippen molar-refractivity contribution in [2.24, 2.45) is 0 Å². The third-order valence-corrected chi connectivity index (χ3v) is 3.26. The van der Waals surface area contributed by atoms with Gasteiger partial charge in [0.25, 0.3) is 0 Å². The van der Waals surface area contributed by atoms with Crippen LogP contribution in [0.4, 0.5) is 0 Å². The van der Waals surface area contributed by atoms with Gasteiger partial charge >= 0.3 is 0 Å². The largest absolute Gasteiger partial charge is 0.311 e. The summed E-state index contributed by atoms with van der Waals surface area (Å²) in [6.07, 6.45) is 2.79. The van der Waals surface area contributed by atoms with Crippen molar-refractivity contribution in [3.8, 4) is 0 Å². The molecule has 0 spiro atoms. The van der Waals surface area contributed by atoms with E-state index in [0.29, 0.717) is 0 Å². The van der Waals surface area contributed by atoms with E-state index in [1.807, 2.05) is 13.2 Å². The second-order valence-electron chi connectivity index (χ2n) is 3.80. The van der Waals surface area contributed by atoms with Crippen LogP contribution in [0.15, 0.2) is 30.5 Å². The first-order valence-electron chi connectivity index (χ1n) is 5.30. The maximum Gasteiger partial charge on any atom is 0.0915 e. The summed E-state index contributed by atoms with van der Waals surface area (Å²) in [6.45, 7) is 2.14. The van der Waals surface area contributed by atoms with Crippen LogP contribution < -0.4 is 5.32 Å². The fourth-order valence-electron chi connectivity index (χ4n) is 1.74. The predicted molar refractivity (Wildman–Crippen MR) is 66.6 cm³/mol. The lowest BCUT2D eigenvalue weighted by molar-refractivity contribution is 0.579. The quantitative estimate of drug-likeness (QED) is 0.881. The van der Waals surface area contributed by atoms with Crippen molar-refractivity contribution >= 4 is 11.7 Å². The van der Waals surface area contributed by atoms with Gasteiger partial charge in [0.2, 0.25) is 0 Å². The molecule has 1 heterocycles. The summed E-state index contributed by atoms with van der Waals surface area (Å²) in [5, 5.41) is 3.28. The highest BCUT2D eigenvalue weighted by atomic mass is 32.1. The Morgan fingerprint density at radius 2 is 2.19 bits per heavy atom. The molecule has 0 aliphatic carbocycles. The first-order valence-corrected chi connectivity index (χ1v) is 6.03. The third-order valence-electron chi connectivity index (χ3n) is 2.77. The number of hydrogen-bond donors (Lipinski definition) is 1. The fraction of sp³-hybridized carbons (Fsp3) is 0.333. The molecule has 4 heteroatoms. The molecular formula is C12H15N3S. The van der Waals surface area contributed by atoms with Gasteiger partial charge in [0.15, 0.2) is 0 Å². The predicted octanol–water partition coefficient (Wildman–Crippen LogP) is 2.35. The van der Waals surface area contributed by atoms with Gasteiger partial charge in [0.05, 0.1) is 29.7 Å². The summed E-state index contributed by atoms with van der Waals surface area (Å²) < 4.78 is 8.33. The van der Waals surface area contributed by atoms with Crippen LogP contribution in [0.1, 0.15) is 22.9 Å². The average molecular weight is 233 g/mol. The number of nitrogens with one attached hydrogen (secondary N) is 1. The van der Waals surface area contributed by atoms with Gasteiger partial charge in [0.1, 0.15) is 0 Å². The van der Waals surface area contributed by atoms with Gasteiger partial charge in [-0.15, -0.1) is 0 Å². The molecule has 0 bridgehead atoms. The number of aromatic nitrogens is 2. The molecule has 1 aromatic heterocycles. The Bertz CT molecular complexity index is 439. The molecule has 2 rings (SSSR count). The molecule has 3 nitrogen and oxygen atoms in total. The van der Waals surface area contributed by atoms with E-state index in [1.165, 1.54) is 22.9 Å². The van der Waals surface area contributed by atoms with E-state index in [2.05, 4.69) is 45.3 Å². The Morgan fingerprint density at radius 1 is 1.38 bits per heavy atom. The van der Waals surface area contributed by atoms with Crippen LogP contribution >= 0.6 is 11.7 Å². The van der Waals surface area contributed by atoms with Gasteiger partial charge < -0.3 is 5.32 Å². The molecule has 1 N–H and O–H groups in total. The molecule has 84 valence electrons. The molecule has 0 saturated carbocycles. The lowest BCUT2D eigenvalue weighted by Crippen LogP contribution is -2.19. The van der Waals surface area contributed by atoms with E-state index in [-0.39, 0.29) is 6.04 Å². The number of aryl methyl sites for hydroxylation is 1. The Balaban J connectivity index is 2.17. The van der Waals surface area contributed by atoms with E-state index in [0.717, 1.165) is 12.1 Å². The third kappa shape index (κ3) is 2.46. The Labute approximate surface area is 99.9 Å². The van der Waals surface area contributed by atoms with Crippen LogP contribution in [0.2, 0.25) is 0 Å². The second-order valence-corrected chi connectivity index (χ2v) is 4.36. The second kappa shape index (κ2) is 5.18. The topological polar surface area (TPSA) is 37.8 Å². The van der Waals surface area contributed by atoms with Crippen LogP contribution in [0, 0.1) is 6.92 Å². The van der Waals surface area contributed by atoms with E-state index in [4.69, 9.17) is 0 Å². The average Bonchev–Trinajstić information content (AvgIpc) is 2.81. The van der Waals surface area contributed by atoms with Crippen molar-refractivity contribution in [3.05, 3.63) is 47.3 Å². The fourth-order valence-corrected chi connectivity index (χ4v) is 2.21. The maximum atomic E-state index is 4.28. The van der Waals surface area contributed by atoms with Gasteiger partial charge in [-0.2, -0.15) is 8.75 Å². The van der Waals surface area contributed by atoms with Gasteiger partial charge in [-0.3, -0.25) is 0 Å². The van der Waals surface area contributed by atoms with E-state index in [9.17, 15) is 0 Å². The lowest BCUT2D eigenvalue weighted by Gasteiger charge is -2.14. The summed E-state index contributed by atoms with van der Waals surface area (Å²) >= 11 is 1.26. The Morgan fingerprint density at radius 3 is 2.81 bits per heavy atom. The summed E-state index contributed by atoms with van der Waals surface area (Å²) in [4.78, 5) is 0. The van der Waals surface area contributed by atoms with Crippen LogP contribution in [0.3, 0.4) is 0 Å². The molecule has 0 radical (unpaired) electrons. The first-order chi connectivity index (χ1) is 7.81. The summed E-state index contributed by atoms with van der Waals surface area (Å²) in [5.74, 6) is 0. The molecule has 1 atom stereocenters. The van der Waals surface area contributed by atoms with Crippen LogP contribution in [-0.2, 0) is 6.42 Å². The zero-order valence-electron chi connectivity index (χ0n) is 9.47. The zero-order chi connectivity index (χ0) is 11.4. The van der Waals surface area contributed by atoms with Crippen molar-refractivity contribution in [2.45, 2.75) is 19.4 Å². The first kappa shape index (κ1) is 11.2. The SMILES string of the molecule is CNC(Cc1ccccc1C)c1cnsn1. The van der Waals surface area contributed by atoms with Crippen molar-refractivity contribution in [1.82, 2.24) is 14.1 Å². The number of benzene rings is 1. The molecule has 1 aromatic carbocycles. The molecule has 0 aliphatic heterocycles. The molecule has 0 fully saturated rings. The van der Waals surface area contributed by atoms with Crippen molar-refractivity contribution in [3.63, 3.8) is 0 Å². The number of nitrogens with zero attached hydrogens (tertiary/aromatic N) is 2. The maximum absolute atomic E-state index is 4.28. The van der Waals surface area contributed by atoms with Gasteiger partial charge in [-0.1, -0.05) is 24.3 Å². The number of likely N-dealkylation sites (N-methyl/N-ethyl adjacent to an activating group) is 1. The minimum atomic E-state index is 0.250. The van der Waals surface area contributed by atoms with Crippen molar-refractivity contribution < 1.29 is 0 Å². The lowest BCUT2D eigenvalue weighted by atomic mass is 10.00. The number of rotatable bonds is 4. The molecular weight excluding hydrogens is 218 g/mol. The molecule has 1 unspecified atom stereocenters. The highest BCUT2D eigenvalue weighted by molar-refractivity contribution is 6.99.